The molecular weight excluding hydrogens is 212 g/mol. The average Bonchev–Trinajstić information content (AvgIpc) is 2.28. The van der Waals surface area contributed by atoms with Gasteiger partial charge in [0.25, 0.3) is 5.91 Å². The Morgan fingerprint density at radius 1 is 1.31 bits per heavy atom. The fourth-order valence-electron chi connectivity index (χ4n) is 1.26. The third kappa shape index (κ3) is 3.61. The lowest BCUT2D eigenvalue weighted by Crippen LogP contribution is -2.34. The van der Waals surface area contributed by atoms with E-state index in [4.69, 9.17) is 0 Å². The van der Waals surface area contributed by atoms with Crippen molar-refractivity contribution < 1.29 is 13.6 Å². The Bertz CT molecular complexity index is 338. The van der Waals surface area contributed by atoms with Crippen LogP contribution in [-0.2, 0) is 4.79 Å². The van der Waals surface area contributed by atoms with E-state index in [1.165, 1.54) is 0 Å². The zero-order valence-corrected chi connectivity index (χ0v) is 9.17. The van der Waals surface area contributed by atoms with Crippen LogP contribution in [0.25, 0.3) is 0 Å². The number of halogens is 2. The molecule has 1 rings (SSSR count). The number of benzene rings is 1. The van der Waals surface area contributed by atoms with E-state index in [0.717, 1.165) is 0 Å². The Morgan fingerprint density at radius 2 is 1.94 bits per heavy atom. The summed E-state index contributed by atoms with van der Waals surface area (Å²) in [6.07, 6.45) is 0.589. The zero-order valence-electron chi connectivity index (χ0n) is 9.17. The molecule has 4 heteroatoms. The molecule has 0 saturated heterocycles. The van der Waals surface area contributed by atoms with Crippen molar-refractivity contribution in [1.29, 1.82) is 0 Å². The highest BCUT2D eigenvalue weighted by atomic mass is 19.3. The smallest absolute Gasteiger partial charge is 0.321 e. The molecule has 0 heterocycles. The molecule has 0 spiro atoms. The second-order valence-corrected chi connectivity index (χ2v) is 3.63. The standard InChI is InChI=1S/C12H15F2NO/c1-2-3-9-12(13,14)11(16)15-10-7-5-4-6-8-10/h4-8H,2-3,9H2,1H3,(H,15,16). The number of alkyl halides is 2. The van der Waals surface area contributed by atoms with Crippen molar-refractivity contribution in [2.75, 3.05) is 5.32 Å². The highest BCUT2D eigenvalue weighted by molar-refractivity contribution is 5.95. The van der Waals surface area contributed by atoms with Gasteiger partial charge in [0.1, 0.15) is 0 Å². The van der Waals surface area contributed by atoms with Crippen LogP contribution in [0.4, 0.5) is 14.5 Å². The maximum Gasteiger partial charge on any atom is 0.324 e. The first kappa shape index (κ1) is 12.6. The van der Waals surface area contributed by atoms with Crippen LogP contribution in [0, 0.1) is 0 Å². The Balaban J connectivity index is 2.58. The quantitative estimate of drug-likeness (QED) is 0.820. The van der Waals surface area contributed by atoms with E-state index in [9.17, 15) is 13.6 Å². The maximum atomic E-state index is 13.3. The first-order chi connectivity index (χ1) is 7.56. The van der Waals surface area contributed by atoms with Gasteiger partial charge in [-0.15, -0.1) is 0 Å². The molecule has 16 heavy (non-hydrogen) atoms. The second-order valence-electron chi connectivity index (χ2n) is 3.63. The van der Waals surface area contributed by atoms with Gasteiger partial charge < -0.3 is 5.32 Å². The highest BCUT2D eigenvalue weighted by Gasteiger charge is 2.37. The number of hydrogen-bond acceptors (Lipinski definition) is 1. The molecule has 0 aliphatic carbocycles. The Hall–Kier alpha value is -1.45. The van der Waals surface area contributed by atoms with E-state index >= 15 is 0 Å². The summed E-state index contributed by atoms with van der Waals surface area (Å²) in [7, 11) is 0. The Labute approximate surface area is 93.7 Å². The van der Waals surface area contributed by atoms with Gasteiger partial charge in [0.15, 0.2) is 0 Å². The van der Waals surface area contributed by atoms with Crippen molar-refractivity contribution in [1.82, 2.24) is 0 Å². The number of carbonyl (C=O) groups excluding carboxylic acids is 1. The molecule has 1 aromatic carbocycles. The molecule has 0 bridgehead atoms. The molecule has 88 valence electrons. The zero-order chi connectivity index (χ0) is 12.0. The van der Waals surface area contributed by atoms with E-state index in [1.807, 2.05) is 6.92 Å². The highest BCUT2D eigenvalue weighted by Crippen LogP contribution is 2.23. The fourth-order valence-corrected chi connectivity index (χ4v) is 1.26. The van der Waals surface area contributed by atoms with Gasteiger partial charge in [0.05, 0.1) is 0 Å². The summed E-state index contributed by atoms with van der Waals surface area (Å²) in [5, 5.41) is 2.20. The molecule has 0 fully saturated rings. The number of para-hydroxylation sites is 1. The molecule has 1 N–H and O–H groups in total. The van der Waals surface area contributed by atoms with Gasteiger partial charge in [-0.25, -0.2) is 0 Å². The molecule has 0 aliphatic rings. The molecule has 2 nitrogen and oxygen atoms in total. The first-order valence-electron chi connectivity index (χ1n) is 5.30. The van der Waals surface area contributed by atoms with Crippen LogP contribution < -0.4 is 5.32 Å². The van der Waals surface area contributed by atoms with Gasteiger partial charge in [-0.05, 0) is 18.6 Å². The van der Waals surface area contributed by atoms with Crippen molar-refractivity contribution in [3.63, 3.8) is 0 Å². The summed E-state index contributed by atoms with van der Waals surface area (Å²) in [6, 6.07) is 8.27. The molecule has 0 saturated carbocycles. The summed E-state index contributed by atoms with van der Waals surface area (Å²) in [4.78, 5) is 11.3. The molecule has 0 aliphatic heterocycles. The summed E-state index contributed by atoms with van der Waals surface area (Å²) < 4.78 is 26.6. The second kappa shape index (κ2) is 5.58. The van der Waals surface area contributed by atoms with Crippen LogP contribution in [0.15, 0.2) is 30.3 Å². The summed E-state index contributed by atoms with van der Waals surface area (Å²) in [5.41, 5.74) is 0.392. The monoisotopic (exact) mass is 227 g/mol. The molecule has 1 amide bonds. The van der Waals surface area contributed by atoms with Gasteiger partial charge in [-0.1, -0.05) is 31.5 Å². The van der Waals surface area contributed by atoms with E-state index in [2.05, 4.69) is 5.32 Å². The predicted octanol–water partition coefficient (Wildman–Crippen LogP) is 3.45. The number of amides is 1. The Morgan fingerprint density at radius 3 is 2.50 bits per heavy atom. The minimum Gasteiger partial charge on any atom is -0.321 e. The topological polar surface area (TPSA) is 29.1 Å². The molecule has 0 unspecified atom stereocenters. The van der Waals surface area contributed by atoms with Gasteiger partial charge >= 0.3 is 5.92 Å². The number of rotatable bonds is 5. The average molecular weight is 227 g/mol. The molecule has 1 aromatic rings. The van der Waals surface area contributed by atoms with Gasteiger partial charge in [0.2, 0.25) is 0 Å². The van der Waals surface area contributed by atoms with E-state index in [1.54, 1.807) is 30.3 Å². The molecule has 0 atom stereocenters. The number of hydrogen-bond donors (Lipinski definition) is 1. The number of carbonyl (C=O) groups is 1. The van der Waals surface area contributed by atoms with Crippen LogP contribution in [0.5, 0.6) is 0 Å². The van der Waals surface area contributed by atoms with Crippen molar-refractivity contribution in [2.24, 2.45) is 0 Å². The maximum absolute atomic E-state index is 13.3. The summed E-state index contributed by atoms with van der Waals surface area (Å²) in [6.45, 7) is 1.81. The molecule has 0 radical (unpaired) electrons. The largest absolute Gasteiger partial charge is 0.324 e. The molecule has 0 aromatic heterocycles. The van der Waals surface area contributed by atoms with Crippen LogP contribution >= 0.6 is 0 Å². The summed E-state index contributed by atoms with van der Waals surface area (Å²) >= 11 is 0. The van der Waals surface area contributed by atoms with Crippen LogP contribution in [-0.4, -0.2) is 11.8 Å². The van der Waals surface area contributed by atoms with Crippen LogP contribution in [0.3, 0.4) is 0 Å². The lowest BCUT2D eigenvalue weighted by molar-refractivity contribution is -0.140. The van der Waals surface area contributed by atoms with Crippen molar-refractivity contribution in [3.05, 3.63) is 30.3 Å². The van der Waals surface area contributed by atoms with Gasteiger partial charge in [0, 0.05) is 12.1 Å². The van der Waals surface area contributed by atoms with Crippen LogP contribution in [0.1, 0.15) is 26.2 Å². The van der Waals surface area contributed by atoms with E-state index < -0.39 is 18.3 Å². The third-order valence-corrected chi connectivity index (χ3v) is 2.21. The lowest BCUT2D eigenvalue weighted by atomic mass is 10.1. The number of unbranched alkanes of at least 4 members (excludes halogenated alkanes) is 1. The van der Waals surface area contributed by atoms with Gasteiger partial charge in [-0.3, -0.25) is 4.79 Å². The number of nitrogens with one attached hydrogen (secondary N) is 1. The van der Waals surface area contributed by atoms with Crippen molar-refractivity contribution in [3.8, 4) is 0 Å². The van der Waals surface area contributed by atoms with Gasteiger partial charge in [-0.2, -0.15) is 8.78 Å². The van der Waals surface area contributed by atoms with E-state index in [0.29, 0.717) is 18.5 Å². The fraction of sp³-hybridized carbons (Fsp3) is 0.417. The lowest BCUT2D eigenvalue weighted by Gasteiger charge is -2.15. The minimum atomic E-state index is -3.29. The third-order valence-electron chi connectivity index (χ3n) is 2.21. The molecular formula is C12H15F2NO. The SMILES string of the molecule is CCCCC(F)(F)C(=O)Nc1ccccc1. The summed E-state index contributed by atoms with van der Waals surface area (Å²) in [5.74, 6) is -4.52. The number of anilines is 1. The van der Waals surface area contributed by atoms with Crippen molar-refractivity contribution >= 4 is 11.6 Å². The van der Waals surface area contributed by atoms with Crippen molar-refractivity contribution in [2.45, 2.75) is 32.1 Å². The predicted molar refractivity (Wildman–Crippen MR) is 59.5 cm³/mol. The van der Waals surface area contributed by atoms with E-state index in [-0.39, 0.29) is 0 Å². The Kier molecular flexibility index (Phi) is 4.40. The first-order valence-corrected chi connectivity index (χ1v) is 5.30. The normalized spacial score (nSPS) is 11.2. The van der Waals surface area contributed by atoms with Crippen LogP contribution in [0.2, 0.25) is 0 Å². The minimum absolute atomic E-state index is 0.342.